The second kappa shape index (κ2) is 9.99. The van der Waals surface area contributed by atoms with Crippen molar-refractivity contribution >= 4 is 29.8 Å². The van der Waals surface area contributed by atoms with Crippen molar-refractivity contribution < 1.29 is 62.6 Å². The highest BCUT2D eigenvalue weighted by Gasteiger charge is 3.04. The predicted octanol–water partition coefficient (Wildman–Crippen LogP) is 2.29. The van der Waals surface area contributed by atoms with Crippen molar-refractivity contribution in [3.8, 4) is 0 Å². The van der Waals surface area contributed by atoms with Gasteiger partial charge < -0.3 is 38.6 Å². The number of aliphatic hydroxyl groups excluding tert-OH is 1. The first-order chi connectivity index (χ1) is 22.1. The van der Waals surface area contributed by atoms with Crippen molar-refractivity contribution in [3.05, 3.63) is 35.4 Å². The summed E-state index contributed by atoms with van der Waals surface area (Å²) in [6, 6.07) is 6.46. The smallest absolute Gasteiger partial charge is 0.350 e. The number of rotatable bonds is 7. The first-order valence-electron chi connectivity index (χ1n) is 16.2. The van der Waals surface area contributed by atoms with Crippen molar-refractivity contribution in [1.29, 1.82) is 0 Å². The number of hydrogen-bond donors (Lipinski definition) is 2. The number of benzene rings is 1. The summed E-state index contributed by atoms with van der Waals surface area (Å²) < 4.78 is 35.4. The molecule has 12 atom stereocenters. The summed E-state index contributed by atoms with van der Waals surface area (Å²) in [6.45, 7) is 10.3. The average molecular weight is 657 g/mol. The molecule has 1 aromatic rings. The van der Waals surface area contributed by atoms with E-state index in [2.05, 4.69) is 0 Å². The fraction of sp³-hybridized carbons (Fsp3) is 0.676. The Morgan fingerprint density at radius 2 is 1.79 bits per heavy atom. The van der Waals surface area contributed by atoms with E-state index in [4.69, 9.17) is 28.4 Å². The van der Waals surface area contributed by atoms with Crippen LogP contribution in [-0.2, 0) is 47.6 Å². The molecule has 4 heterocycles. The SMILES string of the molecule is CCCCC(OC(C)=O)c1ccccc1C(=O)O[C@H]1C(=O)O[C@H]2O[C@]34C(=O)OC5C[C@@H](C(C)(C)C)C21[C@@]53[C@@H](O)[C@@H]1OC(=O)[C@@H](C)[C@@]14O. The molecule has 6 aliphatic rings. The topological polar surface area (TPSA) is 181 Å². The molecule has 0 bridgehead atoms. The lowest BCUT2D eigenvalue weighted by molar-refractivity contribution is -0.239. The maximum absolute atomic E-state index is 14.2. The van der Waals surface area contributed by atoms with Crippen molar-refractivity contribution in [2.45, 2.75) is 115 Å². The van der Waals surface area contributed by atoms with Crippen LogP contribution >= 0.6 is 0 Å². The monoisotopic (exact) mass is 656 g/mol. The highest BCUT2D eigenvalue weighted by Crippen LogP contribution is 2.84. The molecular formula is C34H40O13. The van der Waals surface area contributed by atoms with Crippen LogP contribution in [0, 0.1) is 28.1 Å². The number of carbonyl (C=O) groups is 5. The van der Waals surface area contributed by atoms with Crippen LogP contribution in [0.25, 0.3) is 0 Å². The predicted molar refractivity (Wildman–Crippen MR) is 156 cm³/mol. The molecule has 0 aromatic heterocycles. The number of esters is 5. The van der Waals surface area contributed by atoms with Gasteiger partial charge >= 0.3 is 29.8 Å². The van der Waals surface area contributed by atoms with Crippen LogP contribution in [0.2, 0.25) is 0 Å². The van der Waals surface area contributed by atoms with Crippen LogP contribution in [0.1, 0.15) is 89.3 Å². The van der Waals surface area contributed by atoms with Crippen LogP contribution in [0.15, 0.2) is 24.3 Å². The Morgan fingerprint density at radius 1 is 1.09 bits per heavy atom. The molecule has 3 unspecified atom stereocenters. The summed E-state index contributed by atoms with van der Waals surface area (Å²) in [7, 11) is 0. The number of fused-ring (bicyclic) bond motifs is 1. The van der Waals surface area contributed by atoms with Gasteiger partial charge in [-0.25, -0.2) is 14.4 Å². The van der Waals surface area contributed by atoms with E-state index in [1.807, 2.05) is 27.7 Å². The second-order valence-corrected chi connectivity index (χ2v) is 14.9. The Bertz CT molecular complexity index is 1580. The highest BCUT2D eigenvalue weighted by molar-refractivity contribution is 5.96. The van der Waals surface area contributed by atoms with Gasteiger partial charge in [0, 0.05) is 12.5 Å². The summed E-state index contributed by atoms with van der Waals surface area (Å²) in [5.74, 6) is -6.21. The van der Waals surface area contributed by atoms with Gasteiger partial charge in [0.15, 0.2) is 11.7 Å². The molecule has 2 saturated carbocycles. The normalized spacial score (nSPS) is 43.0. The van der Waals surface area contributed by atoms with Crippen molar-refractivity contribution in [2.75, 3.05) is 0 Å². The average Bonchev–Trinajstić information content (AvgIpc) is 3.73. The Labute approximate surface area is 271 Å². The molecule has 2 spiro atoms. The quantitative estimate of drug-likeness (QED) is 0.323. The van der Waals surface area contributed by atoms with Gasteiger partial charge in [0.1, 0.15) is 18.3 Å². The van der Waals surface area contributed by atoms with E-state index < -0.39 is 106 Å². The molecule has 6 fully saturated rings. The number of ether oxygens (including phenoxy) is 6. The van der Waals surface area contributed by atoms with E-state index in [1.54, 1.807) is 18.2 Å². The minimum atomic E-state index is -2.39. The van der Waals surface area contributed by atoms with Gasteiger partial charge in [0.2, 0.25) is 18.0 Å². The second-order valence-electron chi connectivity index (χ2n) is 14.9. The zero-order chi connectivity index (χ0) is 34.1. The van der Waals surface area contributed by atoms with Crippen LogP contribution in [0.3, 0.4) is 0 Å². The summed E-state index contributed by atoms with van der Waals surface area (Å²) >= 11 is 0. The first kappa shape index (κ1) is 32.0. The van der Waals surface area contributed by atoms with E-state index in [9.17, 15) is 34.2 Å². The lowest BCUT2D eigenvalue weighted by atomic mass is 9.51. The number of carbonyl (C=O) groups excluding carboxylic acids is 5. The molecule has 47 heavy (non-hydrogen) atoms. The maximum atomic E-state index is 14.2. The molecule has 0 amide bonds. The summed E-state index contributed by atoms with van der Waals surface area (Å²) in [6.07, 6.45) is -6.43. The van der Waals surface area contributed by atoms with E-state index in [0.717, 1.165) is 6.42 Å². The number of aliphatic hydroxyl groups is 2. The van der Waals surface area contributed by atoms with Crippen molar-refractivity contribution in [1.82, 2.24) is 0 Å². The molecule has 7 rings (SSSR count). The molecule has 0 radical (unpaired) electrons. The third kappa shape index (κ3) is 3.47. The highest BCUT2D eigenvalue weighted by atomic mass is 16.8. The molecule has 254 valence electrons. The lowest BCUT2D eigenvalue weighted by Gasteiger charge is -2.48. The van der Waals surface area contributed by atoms with Crippen LogP contribution in [-0.4, -0.2) is 82.0 Å². The van der Waals surface area contributed by atoms with Gasteiger partial charge in [0.25, 0.3) is 0 Å². The third-order valence-corrected chi connectivity index (χ3v) is 11.8. The fourth-order valence-corrected chi connectivity index (χ4v) is 10.2. The summed E-state index contributed by atoms with van der Waals surface area (Å²) in [4.78, 5) is 67.0. The largest absolute Gasteiger partial charge is 0.459 e. The lowest BCUT2D eigenvalue weighted by Crippen LogP contribution is -2.67. The molecule has 4 aliphatic heterocycles. The zero-order valence-electron chi connectivity index (χ0n) is 27.1. The van der Waals surface area contributed by atoms with Crippen LogP contribution in [0.5, 0.6) is 0 Å². The van der Waals surface area contributed by atoms with E-state index in [-0.39, 0.29) is 12.0 Å². The number of hydrogen-bond acceptors (Lipinski definition) is 13. The minimum Gasteiger partial charge on any atom is -0.459 e. The van der Waals surface area contributed by atoms with Gasteiger partial charge in [-0.2, -0.15) is 0 Å². The molecule has 13 heteroatoms. The summed E-state index contributed by atoms with van der Waals surface area (Å²) in [5.41, 5.74) is -8.67. The molecule has 4 saturated heterocycles. The van der Waals surface area contributed by atoms with Gasteiger partial charge in [-0.1, -0.05) is 52.3 Å². The molecule has 2 aliphatic carbocycles. The molecule has 1 aromatic carbocycles. The van der Waals surface area contributed by atoms with Crippen molar-refractivity contribution in [2.24, 2.45) is 28.1 Å². The van der Waals surface area contributed by atoms with Gasteiger partial charge in [-0.05, 0) is 43.6 Å². The zero-order valence-corrected chi connectivity index (χ0v) is 27.1. The molecule has 13 nitrogen and oxygen atoms in total. The number of unbranched alkanes of at least 4 members (excludes halogenated alkanes) is 1. The van der Waals surface area contributed by atoms with Gasteiger partial charge in [0.05, 0.1) is 22.3 Å². The Kier molecular flexibility index (Phi) is 6.80. The standard InChI is InChI=1S/C34H40O13/c1-7-8-13-19(42-16(3)35)17-11-9-10-12-18(17)26(38)45-24-27(39)46-29-31(24)20(30(4,5)6)14-21-32(31)22(36)23-33(41,15(2)25(37)44-23)34(32,47-29)28(40)43-21/h9-12,15,19-24,29,36,41H,7-8,13-14H2,1-6H3/t15-,19?,20+,21?,22+,23+,24+,29+,31?,32+,33-,34-/m1/s1. The third-order valence-electron chi connectivity index (χ3n) is 11.8. The van der Waals surface area contributed by atoms with Crippen LogP contribution < -0.4 is 0 Å². The maximum Gasteiger partial charge on any atom is 0.350 e. The van der Waals surface area contributed by atoms with Crippen molar-refractivity contribution in [3.63, 3.8) is 0 Å². The Morgan fingerprint density at radius 3 is 2.45 bits per heavy atom. The first-order valence-corrected chi connectivity index (χ1v) is 16.2. The Balaban J connectivity index is 1.39. The summed E-state index contributed by atoms with van der Waals surface area (Å²) in [5, 5.41) is 24.7. The molecule has 2 N–H and O–H groups in total. The fourth-order valence-electron chi connectivity index (χ4n) is 10.2. The van der Waals surface area contributed by atoms with E-state index in [0.29, 0.717) is 18.4 Å². The Hall–Kier alpha value is -3.55. The van der Waals surface area contributed by atoms with Crippen LogP contribution in [0.4, 0.5) is 0 Å². The minimum absolute atomic E-state index is 0.0517. The molecular weight excluding hydrogens is 616 g/mol. The van der Waals surface area contributed by atoms with E-state index >= 15 is 0 Å². The van der Waals surface area contributed by atoms with E-state index in [1.165, 1.54) is 19.9 Å². The van der Waals surface area contributed by atoms with Gasteiger partial charge in [-0.3, -0.25) is 9.59 Å². The van der Waals surface area contributed by atoms with Gasteiger partial charge in [-0.15, -0.1) is 0 Å².